The Bertz CT molecular complexity index is 445. The molecule has 0 unspecified atom stereocenters. The van der Waals surface area contributed by atoms with E-state index in [-0.39, 0.29) is 17.7 Å². The number of rotatable bonds is 3. The molecule has 0 radical (unpaired) electrons. The van der Waals surface area contributed by atoms with Crippen LogP contribution < -0.4 is 5.32 Å². The lowest BCUT2D eigenvalue weighted by Gasteiger charge is -2.10. The van der Waals surface area contributed by atoms with Crippen LogP contribution in [-0.4, -0.2) is 17.7 Å². The first-order valence-electron chi connectivity index (χ1n) is 5.71. The van der Waals surface area contributed by atoms with Crippen LogP contribution in [0.25, 0.3) is 0 Å². The van der Waals surface area contributed by atoms with E-state index in [1.165, 1.54) is 0 Å². The zero-order chi connectivity index (χ0) is 12.3. The average Bonchev–Trinajstić information content (AvgIpc) is 2.64. The second-order valence-corrected chi connectivity index (χ2v) is 5.53. The van der Waals surface area contributed by atoms with Crippen LogP contribution in [0.1, 0.15) is 24.8 Å². The number of carbonyl (C=O) groups excluding carboxylic acids is 2. The summed E-state index contributed by atoms with van der Waals surface area (Å²) in [5.74, 6) is 0.105. The van der Waals surface area contributed by atoms with Gasteiger partial charge in [-0.25, -0.2) is 0 Å². The summed E-state index contributed by atoms with van der Waals surface area (Å²) in [6.45, 7) is 0. The molecule has 0 heterocycles. The monoisotopic (exact) mass is 343 g/mol. The van der Waals surface area contributed by atoms with Crippen LogP contribution in [0, 0.1) is 3.57 Å². The molecule has 4 heteroatoms. The van der Waals surface area contributed by atoms with Crippen LogP contribution in [0.2, 0.25) is 0 Å². The summed E-state index contributed by atoms with van der Waals surface area (Å²) in [7, 11) is 0. The molecule has 0 aliphatic heterocycles. The number of nitrogens with one attached hydrogen (secondary N) is 1. The lowest BCUT2D eigenvalue weighted by molar-refractivity contribution is -0.126. The molecule has 1 aromatic rings. The average molecular weight is 343 g/mol. The van der Waals surface area contributed by atoms with Gasteiger partial charge in [0.25, 0.3) is 0 Å². The molecule has 0 saturated heterocycles. The minimum atomic E-state index is -0.245. The zero-order valence-corrected chi connectivity index (χ0v) is 11.6. The Morgan fingerprint density at radius 1 is 1.47 bits per heavy atom. The van der Waals surface area contributed by atoms with Gasteiger partial charge in [-0.1, -0.05) is 12.1 Å². The summed E-state index contributed by atoms with van der Waals surface area (Å²) in [5, 5.41) is 2.81. The Labute approximate surface area is 114 Å². The van der Waals surface area contributed by atoms with Gasteiger partial charge in [0.15, 0.2) is 5.78 Å². The topological polar surface area (TPSA) is 46.2 Å². The van der Waals surface area contributed by atoms with E-state index in [2.05, 4.69) is 27.9 Å². The normalized spacial score (nSPS) is 19.4. The SMILES string of the molecule is O=C(Cc1cccc(I)c1)N[C@@H]1CCCC1=O. The Morgan fingerprint density at radius 3 is 2.94 bits per heavy atom. The van der Waals surface area contributed by atoms with Crippen molar-refractivity contribution in [2.45, 2.75) is 31.7 Å². The van der Waals surface area contributed by atoms with Crippen LogP contribution in [0.15, 0.2) is 24.3 Å². The predicted molar refractivity (Wildman–Crippen MR) is 73.7 cm³/mol. The number of amides is 1. The third kappa shape index (κ3) is 3.52. The van der Waals surface area contributed by atoms with Gasteiger partial charge in [0.1, 0.15) is 0 Å². The zero-order valence-electron chi connectivity index (χ0n) is 9.41. The fraction of sp³-hybridized carbons (Fsp3) is 0.385. The second kappa shape index (κ2) is 5.62. The van der Waals surface area contributed by atoms with E-state index in [4.69, 9.17) is 0 Å². The van der Waals surface area contributed by atoms with Crippen LogP contribution in [0.4, 0.5) is 0 Å². The van der Waals surface area contributed by atoms with E-state index >= 15 is 0 Å². The molecular formula is C13H14INO2. The van der Waals surface area contributed by atoms with Gasteiger partial charge in [-0.3, -0.25) is 9.59 Å². The molecular weight excluding hydrogens is 329 g/mol. The van der Waals surface area contributed by atoms with Gasteiger partial charge >= 0.3 is 0 Å². The molecule has 90 valence electrons. The molecule has 17 heavy (non-hydrogen) atoms. The van der Waals surface area contributed by atoms with Crippen LogP contribution in [-0.2, 0) is 16.0 Å². The molecule has 1 atom stereocenters. The molecule has 2 rings (SSSR count). The lowest BCUT2D eigenvalue weighted by atomic mass is 10.1. The summed E-state index contributed by atoms with van der Waals surface area (Å²) < 4.78 is 1.12. The summed E-state index contributed by atoms with van der Waals surface area (Å²) in [4.78, 5) is 23.2. The minimum absolute atomic E-state index is 0.0627. The number of halogens is 1. The summed E-state index contributed by atoms with van der Waals surface area (Å²) in [6.07, 6.45) is 2.64. The van der Waals surface area contributed by atoms with Crippen molar-refractivity contribution in [2.75, 3.05) is 0 Å². The third-order valence-corrected chi connectivity index (χ3v) is 3.56. The van der Waals surface area contributed by atoms with Crippen LogP contribution >= 0.6 is 22.6 Å². The first-order valence-corrected chi connectivity index (χ1v) is 6.79. The molecule has 1 aliphatic rings. The third-order valence-electron chi connectivity index (χ3n) is 2.89. The Balaban J connectivity index is 1.91. The van der Waals surface area contributed by atoms with Gasteiger partial charge in [0.05, 0.1) is 12.5 Å². The first-order chi connectivity index (χ1) is 8.15. The number of carbonyl (C=O) groups is 2. The molecule has 1 saturated carbocycles. The molecule has 0 bridgehead atoms. The molecule has 1 aliphatic carbocycles. The van der Waals surface area contributed by atoms with Crippen molar-refractivity contribution in [2.24, 2.45) is 0 Å². The van der Waals surface area contributed by atoms with Crippen molar-refractivity contribution in [1.29, 1.82) is 0 Å². The van der Waals surface area contributed by atoms with E-state index in [9.17, 15) is 9.59 Å². The maximum atomic E-state index is 11.8. The Morgan fingerprint density at radius 2 is 2.29 bits per heavy atom. The van der Waals surface area contributed by atoms with Crippen molar-refractivity contribution in [3.05, 3.63) is 33.4 Å². The molecule has 3 nitrogen and oxygen atoms in total. The number of Topliss-reactive ketones (excluding diaryl/α,β-unsaturated/α-hetero) is 1. The van der Waals surface area contributed by atoms with E-state index < -0.39 is 0 Å². The molecule has 0 spiro atoms. The van der Waals surface area contributed by atoms with Gasteiger partial charge in [0.2, 0.25) is 5.91 Å². The van der Waals surface area contributed by atoms with Gasteiger partial charge in [-0.15, -0.1) is 0 Å². The maximum Gasteiger partial charge on any atom is 0.225 e. The second-order valence-electron chi connectivity index (χ2n) is 4.29. The Hall–Kier alpha value is -0.910. The highest BCUT2D eigenvalue weighted by Gasteiger charge is 2.25. The highest BCUT2D eigenvalue weighted by Crippen LogP contribution is 2.14. The maximum absolute atomic E-state index is 11.8. The van der Waals surface area contributed by atoms with Crippen LogP contribution in [0.3, 0.4) is 0 Å². The quantitative estimate of drug-likeness (QED) is 0.855. The standard InChI is InChI=1S/C13H14INO2/c14-10-4-1-3-9(7-10)8-13(17)15-11-5-2-6-12(11)16/h1,3-4,7,11H,2,5-6,8H2,(H,15,17)/t11-/m1/s1. The van der Waals surface area contributed by atoms with E-state index in [0.29, 0.717) is 12.8 Å². The van der Waals surface area contributed by atoms with Gasteiger partial charge < -0.3 is 5.32 Å². The largest absolute Gasteiger partial charge is 0.346 e. The molecule has 1 aromatic carbocycles. The van der Waals surface area contributed by atoms with Gasteiger partial charge in [-0.2, -0.15) is 0 Å². The number of ketones is 1. The van der Waals surface area contributed by atoms with Crippen molar-refractivity contribution in [3.63, 3.8) is 0 Å². The van der Waals surface area contributed by atoms with E-state index in [1.807, 2.05) is 24.3 Å². The fourth-order valence-electron chi connectivity index (χ4n) is 2.05. The summed E-state index contributed by atoms with van der Waals surface area (Å²) in [5.41, 5.74) is 0.986. The predicted octanol–water partition coefficient (Wildman–Crippen LogP) is 2.07. The number of hydrogen-bond donors (Lipinski definition) is 1. The fourth-order valence-corrected chi connectivity index (χ4v) is 2.65. The van der Waals surface area contributed by atoms with Gasteiger partial charge in [0, 0.05) is 9.99 Å². The van der Waals surface area contributed by atoms with Crippen LogP contribution in [0.5, 0.6) is 0 Å². The number of benzene rings is 1. The van der Waals surface area contributed by atoms with Crippen molar-refractivity contribution < 1.29 is 9.59 Å². The van der Waals surface area contributed by atoms with Crippen molar-refractivity contribution >= 4 is 34.3 Å². The first kappa shape index (κ1) is 12.5. The van der Waals surface area contributed by atoms with E-state index in [1.54, 1.807) is 0 Å². The lowest BCUT2D eigenvalue weighted by Crippen LogP contribution is -2.38. The van der Waals surface area contributed by atoms with E-state index in [0.717, 1.165) is 22.0 Å². The highest BCUT2D eigenvalue weighted by molar-refractivity contribution is 14.1. The van der Waals surface area contributed by atoms with Crippen molar-refractivity contribution in [1.82, 2.24) is 5.32 Å². The highest BCUT2D eigenvalue weighted by atomic mass is 127. The Kier molecular flexibility index (Phi) is 4.15. The van der Waals surface area contributed by atoms with Gasteiger partial charge in [-0.05, 0) is 53.1 Å². The smallest absolute Gasteiger partial charge is 0.225 e. The van der Waals surface area contributed by atoms with Crippen molar-refractivity contribution in [3.8, 4) is 0 Å². The summed E-state index contributed by atoms with van der Waals surface area (Å²) >= 11 is 2.22. The molecule has 1 N–H and O–H groups in total. The molecule has 0 aromatic heterocycles. The summed E-state index contributed by atoms with van der Waals surface area (Å²) in [6, 6.07) is 7.59. The molecule has 1 fully saturated rings. The number of hydrogen-bond acceptors (Lipinski definition) is 2. The molecule has 1 amide bonds. The minimum Gasteiger partial charge on any atom is -0.346 e.